The number of rotatable bonds is 6. The van der Waals surface area contributed by atoms with Crippen LogP contribution in [0.3, 0.4) is 0 Å². The molecule has 0 amide bonds. The van der Waals surface area contributed by atoms with Gasteiger partial charge < -0.3 is 20.4 Å². The van der Waals surface area contributed by atoms with Crippen molar-refractivity contribution in [1.82, 2.24) is 15.1 Å². The van der Waals surface area contributed by atoms with E-state index in [9.17, 15) is 0 Å². The summed E-state index contributed by atoms with van der Waals surface area (Å²) in [5.74, 6) is 1.78. The molecular formula is C22H35N5S. The second kappa shape index (κ2) is 8.97. The first-order valence-electron chi connectivity index (χ1n) is 10.9. The highest BCUT2D eigenvalue weighted by molar-refractivity contribution is 7.80. The van der Waals surface area contributed by atoms with Gasteiger partial charge in [-0.25, -0.2) is 0 Å². The molecule has 28 heavy (non-hydrogen) atoms. The number of hydrogen-bond donors (Lipinski definition) is 2. The number of nitrogens with zero attached hydrogens (tertiary/aromatic N) is 3. The summed E-state index contributed by atoms with van der Waals surface area (Å²) >= 11 is 5.54. The molecule has 154 valence electrons. The van der Waals surface area contributed by atoms with Gasteiger partial charge in [0.1, 0.15) is 0 Å². The van der Waals surface area contributed by atoms with Gasteiger partial charge in [0.25, 0.3) is 0 Å². The van der Waals surface area contributed by atoms with E-state index < -0.39 is 0 Å². The fourth-order valence-corrected chi connectivity index (χ4v) is 5.40. The summed E-state index contributed by atoms with van der Waals surface area (Å²) < 4.78 is 0. The van der Waals surface area contributed by atoms with E-state index in [1.54, 1.807) is 0 Å². The number of nitrogens with one attached hydrogen (secondary N) is 2. The van der Waals surface area contributed by atoms with Crippen molar-refractivity contribution in [2.75, 3.05) is 63.6 Å². The molecule has 4 aliphatic rings. The molecule has 4 atom stereocenters. The maximum atomic E-state index is 5.54. The molecule has 1 aromatic rings. The molecule has 5 nitrogen and oxygen atoms in total. The summed E-state index contributed by atoms with van der Waals surface area (Å²) in [6, 6.07) is 9.01. The van der Waals surface area contributed by atoms with Crippen LogP contribution < -0.4 is 15.5 Å². The van der Waals surface area contributed by atoms with Crippen LogP contribution in [0.1, 0.15) is 25.7 Å². The lowest BCUT2D eigenvalue weighted by Gasteiger charge is -2.50. The normalized spacial score (nSPS) is 29.6. The molecule has 4 fully saturated rings. The molecule has 1 aromatic carbocycles. The monoisotopic (exact) mass is 401 g/mol. The van der Waals surface area contributed by atoms with Crippen LogP contribution in [0.15, 0.2) is 24.3 Å². The van der Waals surface area contributed by atoms with Crippen molar-refractivity contribution in [3.8, 4) is 0 Å². The summed E-state index contributed by atoms with van der Waals surface area (Å²) in [4.78, 5) is 7.51. The highest BCUT2D eigenvalue weighted by atomic mass is 32.1. The summed E-state index contributed by atoms with van der Waals surface area (Å²) in [5.41, 5.74) is 2.23. The average Bonchev–Trinajstić information content (AvgIpc) is 3.20. The highest BCUT2D eigenvalue weighted by Crippen LogP contribution is 2.36. The van der Waals surface area contributed by atoms with Gasteiger partial charge in [-0.3, -0.25) is 4.90 Å². The zero-order valence-corrected chi connectivity index (χ0v) is 18.2. The number of piperidine rings is 3. The first-order chi connectivity index (χ1) is 13.6. The minimum absolute atomic E-state index is 0.629. The fourth-order valence-electron chi connectivity index (χ4n) is 5.19. The molecule has 4 aliphatic heterocycles. The smallest absolute Gasteiger partial charge is 0.170 e. The molecule has 0 spiro atoms. The summed E-state index contributed by atoms with van der Waals surface area (Å²) in [5, 5.41) is 7.52. The van der Waals surface area contributed by atoms with Gasteiger partial charge in [0.15, 0.2) is 5.11 Å². The number of thiocarbonyl (C=S) groups is 1. The predicted molar refractivity (Wildman–Crippen MR) is 122 cm³/mol. The Kier molecular flexibility index (Phi) is 6.38. The Balaban J connectivity index is 1.22. The lowest BCUT2D eigenvalue weighted by atomic mass is 9.75. The number of hydrogen-bond acceptors (Lipinski definition) is 4. The Bertz CT molecular complexity index is 655. The molecular weight excluding hydrogens is 366 g/mol. The third kappa shape index (κ3) is 4.78. The van der Waals surface area contributed by atoms with E-state index in [-0.39, 0.29) is 0 Å². The molecule has 0 radical (unpaired) electrons. The van der Waals surface area contributed by atoms with Crippen LogP contribution in [0.2, 0.25) is 0 Å². The number of likely N-dealkylation sites (tertiary alicyclic amines) is 1. The zero-order valence-electron chi connectivity index (χ0n) is 17.4. The minimum Gasteiger partial charge on any atom is -0.378 e. The van der Waals surface area contributed by atoms with Gasteiger partial charge in [-0.05, 0) is 93.6 Å². The van der Waals surface area contributed by atoms with Gasteiger partial charge >= 0.3 is 0 Å². The lowest BCUT2D eigenvalue weighted by molar-refractivity contribution is -0.00792. The van der Waals surface area contributed by atoms with Gasteiger partial charge in [-0.1, -0.05) is 0 Å². The van der Waals surface area contributed by atoms with Crippen LogP contribution >= 0.6 is 12.2 Å². The second-order valence-electron chi connectivity index (χ2n) is 8.98. The Labute approximate surface area is 175 Å². The van der Waals surface area contributed by atoms with E-state index in [1.807, 2.05) is 0 Å². The number of benzene rings is 1. The quantitative estimate of drug-likeness (QED) is 0.714. The number of fused-ring (bicyclic) bond motifs is 3. The van der Waals surface area contributed by atoms with E-state index in [0.29, 0.717) is 6.04 Å². The van der Waals surface area contributed by atoms with Crippen molar-refractivity contribution >= 4 is 28.7 Å². The van der Waals surface area contributed by atoms with Gasteiger partial charge in [0.05, 0.1) is 0 Å². The van der Waals surface area contributed by atoms with Crippen molar-refractivity contribution in [1.29, 1.82) is 0 Å². The molecule has 4 saturated heterocycles. The molecule has 0 saturated carbocycles. The van der Waals surface area contributed by atoms with Crippen LogP contribution in [-0.4, -0.2) is 74.3 Å². The molecule has 6 heteroatoms. The Morgan fingerprint density at radius 3 is 2.54 bits per heavy atom. The SMILES string of the molecule is CN(C)c1ccc(NC(=S)NC[C@H]2C[C@@H]3CCN2C[C@@H]3CN2CCCC2)cc1. The van der Waals surface area contributed by atoms with Crippen LogP contribution in [0.4, 0.5) is 11.4 Å². The largest absolute Gasteiger partial charge is 0.378 e. The van der Waals surface area contributed by atoms with Gasteiger partial charge in [0.2, 0.25) is 0 Å². The molecule has 1 unspecified atom stereocenters. The third-order valence-electron chi connectivity index (χ3n) is 6.85. The fraction of sp³-hybridized carbons (Fsp3) is 0.682. The van der Waals surface area contributed by atoms with E-state index in [1.165, 1.54) is 64.1 Å². The predicted octanol–water partition coefficient (Wildman–Crippen LogP) is 2.85. The average molecular weight is 402 g/mol. The van der Waals surface area contributed by atoms with Crippen molar-refractivity contribution in [2.45, 2.75) is 31.7 Å². The molecule has 0 aliphatic carbocycles. The standard InChI is InChI=1S/C22H35N5S/c1-25(2)20-7-5-19(6-8-20)24-22(28)23-14-21-13-17-9-12-27(21)16-18(17)15-26-10-3-4-11-26/h5-8,17-18,21H,3-4,9-16H2,1-2H3,(H2,23,24,28)/t17-,18-,21+/m0/s1. The molecule has 2 bridgehead atoms. The second-order valence-corrected chi connectivity index (χ2v) is 9.39. The van der Waals surface area contributed by atoms with E-state index in [2.05, 4.69) is 63.7 Å². The van der Waals surface area contributed by atoms with Crippen LogP contribution in [0.25, 0.3) is 0 Å². The summed E-state index contributed by atoms with van der Waals surface area (Å²) in [6.45, 7) is 7.46. The van der Waals surface area contributed by atoms with Crippen LogP contribution in [0, 0.1) is 11.8 Å². The van der Waals surface area contributed by atoms with Gasteiger partial charge in [-0.15, -0.1) is 0 Å². The van der Waals surface area contributed by atoms with E-state index in [0.717, 1.165) is 29.2 Å². The number of anilines is 2. The Morgan fingerprint density at radius 1 is 1.14 bits per heavy atom. The van der Waals surface area contributed by atoms with Crippen molar-refractivity contribution in [2.24, 2.45) is 11.8 Å². The van der Waals surface area contributed by atoms with Crippen molar-refractivity contribution in [3.05, 3.63) is 24.3 Å². The minimum atomic E-state index is 0.629. The summed E-state index contributed by atoms with van der Waals surface area (Å²) in [6.07, 6.45) is 5.51. The molecule has 2 N–H and O–H groups in total. The Morgan fingerprint density at radius 2 is 1.89 bits per heavy atom. The molecule has 4 heterocycles. The van der Waals surface area contributed by atoms with Gasteiger partial charge in [-0.2, -0.15) is 0 Å². The third-order valence-corrected chi connectivity index (χ3v) is 7.09. The van der Waals surface area contributed by atoms with E-state index >= 15 is 0 Å². The molecule has 0 aromatic heterocycles. The van der Waals surface area contributed by atoms with Crippen molar-refractivity contribution in [3.63, 3.8) is 0 Å². The highest BCUT2D eigenvalue weighted by Gasteiger charge is 2.40. The first-order valence-corrected chi connectivity index (χ1v) is 11.3. The molecule has 5 rings (SSSR count). The maximum Gasteiger partial charge on any atom is 0.170 e. The van der Waals surface area contributed by atoms with Gasteiger partial charge in [0, 0.05) is 51.1 Å². The van der Waals surface area contributed by atoms with Crippen LogP contribution in [-0.2, 0) is 0 Å². The van der Waals surface area contributed by atoms with Crippen molar-refractivity contribution < 1.29 is 0 Å². The lowest BCUT2D eigenvalue weighted by Crippen LogP contribution is -2.58. The van der Waals surface area contributed by atoms with Crippen LogP contribution in [0.5, 0.6) is 0 Å². The zero-order chi connectivity index (χ0) is 19.5. The summed E-state index contributed by atoms with van der Waals surface area (Å²) in [7, 11) is 4.11. The maximum absolute atomic E-state index is 5.54. The topological polar surface area (TPSA) is 33.8 Å². The Hall–Kier alpha value is -1.37. The first kappa shape index (κ1) is 19.9. The van der Waals surface area contributed by atoms with E-state index in [4.69, 9.17) is 12.2 Å².